The molecule has 0 bridgehead atoms. The summed E-state index contributed by atoms with van der Waals surface area (Å²) in [4.78, 5) is 24.0. The van der Waals surface area contributed by atoms with Gasteiger partial charge in [0.05, 0.1) is 19.3 Å². The van der Waals surface area contributed by atoms with E-state index in [2.05, 4.69) is 20.8 Å². The molecular weight excluding hydrogens is 468 g/mol. The zero-order valence-corrected chi connectivity index (χ0v) is 23.7. The van der Waals surface area contributed by atoms with E-state index >= 15 is 0 Å². The second-order valence-corrected chi connectivity index (χ2v) is 14.0. The molecule has 4 aliphatic carbocycles. The number of fused-ring (bicyclic) bond motifs is 5. The zero-order chi connectivity index (χ0) is 26.5. The summed E-state index contributed by atoms with van der Waals surface area (Å²) in [6.45, 7) is 12.1. The van der Waals surface area contributed by atoms with Crippen molar-refractivity contribution in [1.82, 2.24) is 0 Å². The number of ether oxygens (including phenoxy) is 3. The molecule has 4 saturated carbocycles. The summed E-state index contributed by atoms with van der Waals surface area (Å²) in [7, 11) is 0. The fourth-order valence-corrected chi connectivity index (χ4v) is 10.1. The highest BCUT2D eigenvalue weighted by Gasteiger charge is 2.66. The largest absolute Gasteiger partial charge is 0.463 e. The molecule has 1 N–H and O–H groups in total. The van der Waals surface area contributed by atoms with E-state index in [1.54, 1.807) is 0 Å². The molecule has 11 atom stereocenters. The second kappa shape index (κ2) is 10.4. The lowest BCUT2D eigenvalue weighted by Crippen LogP contribution is -2.63. The smallest absolute Gasteiger partial charge is 0.302 e. The van der Waals surface area contributed by atoms with E-state index in [1.165, 1.54) is 33.1 Å². The quantitative estimate of drug-likeness (QED) is 0.446. The van der Waals surface area contributed by atoms with Crippen LogP contribution in [0.4, 0.5) is 0 Å². The first-order valence-corrected chi connectivity index (χ1v) is 15.1. The summed E-state index contributed by atoms with van der Waals surface area (Å²) >= 11 is 0. The van der Waals surface area contributed by atoms with E-state index in [0.29, 0.717) is 35.5 Å². The average molecular weight is 519 g/mol. The van der Waals surface area contributed by atoms with Crippen molar-refractivity contribution in [3.05, 3.63) is 0 Å². The summed E-state index contributed by atoms with van der Waals surface area (Å²) in [5.41, 5.74) is -0.0501. The van der Waals surface area contributed by atoms with E-state index in [9.17, 15) is 14.7 Å². The van der Waals surface area contributed by atoms with Gasteiger partial charge in [0.2, 0.25) is 0 Å². The molecule has 6 heteroatoms. The molecule has 37 heavy (non-hydrogen) atoms. The third kappa shape index (κ3) is 4.88. The molecule has 0 aromatic heterocycles. The average Bonchev–Trinajstić information content (AvgIpc) is 3.15. The number of aliphatic hydroxyl groups excluding tert-OH is 1. The fraction of sp³-hybridized carbons (Fsp3) is 0.935. The number of carbonyl (C=O) groups excluding carboxylic acids is 2. The molecule has 0 spiro atoms. The lowest BCUT2D eigenvalue weighted by molar-refractivity contribution is -0.218. The summed E-state index contributed by atoms with van der Waals surface area (Å²) in [5.74, 6) is 2.76. The molecule has 0 aromatic carbocycles. The number of carbonyl (C=O) groups is 2. The van der Waals surface area contributed by atoms with Gasteiger partial charge in [-0.15, -0.1) is 0 Å². The lowest BCUT2D eigenvalue weighted by atomic mass is 9.43. The van der Waals surface area contributed by atoms with Crippen LogP contribution in [-0.2, 0) is 23.8 Å². The number of esters is 2. The van der Waals surface area contributed by atoms with Crippen LogP contribution in [0.3, 0.4) is 0 Å². The maximum atomic E-state index is 12.3. The highest BCUT2D eigenvalue weighted by molar-refractivity contribution is 5.66. The van der Waals surface area contributed by atoms with Crippen molar-refractivity contribution in [2.45, 2.75) is 117 Å². The van der Waals surface area contributed by atoms with Gasteiger partial charge < -0.3 is 19.3 Å². The molecule has 5 rings (SSSR count). The monoisotopic (exact) mass is 518 g/mol. The first-order valence-electron chi connectivity index (χ1n) is 15.1. The van der Waals surface area contributed by atoms with Crippen LogP contribution in [0.25, 0.3) is 0 Å². The van der Waals surface area contributed by atoms with Crippen LogP contribution in [0.5, 0.6) is 0 Å². The van der Waals surface area contributed by atoms with Gasteiger partial charge in [-0.3, -0.25) is 9.59 Å². The number of rotatable bonds is 7. The molecule has 0 amide bonds. The Kier molecular flexibility index (Phi) is 7.74. The Morgan fingerprint density at radius 1 is 1.00 bits per heavy atom. The predicted octanol–water partition coefficient (Wildman–Crippen LogP) is 5.54. The van der Waals surface area contributed by atoms with Crippen molar-refractivity contribution < 1.29 is 28.9 Å². The van der Waals surface area contributed by atoms with E-state index in [0.717, 1.165) is 64.1 Å². The Labute approximate surface area is 223 Å². The molecule has 210 valence electrons. The van der Waals surface area contributed by atoms with Crippen LogP contribution in [0, 0.1) is 52.3 Å². The van der Waals surface area contributed by atoms with Gasteiger partial charge in [0.1, 0.15) is 12.2 Å². The van der Waals surface area contributed by atoms with Crippen LogP contribution < -0.4 is 0 Å². The highest BCUT2D eigenvalue weighted by atomic mass is 16.5. The van der Waals surface area contributed by atoms with Crippen molar-refractivity contribution >= 4 is 11.9 Å². The minimum absolute atomic E-state index is 0.0490. The normalized spacial score (nSPS) is 46.1. The van der Waals surface area contributed by atoms with Crippen molar-refractivity contribution in [2.75, 3.05) is 13.2 Å². The molecule has 6 nitrogen and oxygen atoms in total. The Morgan fingerprint density at radius 3 is 2.38 bits per heavy atom. The molecule has 0 radical (unpaired) electrons. The van der Waals surface area contributed by atoms with Crippen molar-refractivity contribution in [1.29, 1.82) is 0 Å². The van der Waals surface area contributed by atoms with Crippen LogP contribution >= 0.6 is 0 Å². The molecule has 11 unspecified atom stereocenters. The van der Waals surface area contributed by atoms with E-state index in [4.69, 9.17) is 14.2 Å². The first kappa shape index (κ1) is 27.4. The molecule has 1 aliphatic heterocycles. The van der Waals surface area contributed by atoms with Crippen molar-refractivity contribution in [3.8, 4) is 0 Å². The second-order valence-electron chi connectivity index (χ2n) is 14.0. The van der Waals surface area contributed by atoms with E-state index in [1.807, 2.05) is 0 Å². The van der Waals surface area contributed by atoms with Gasteiger partial charge >= 0.3 is 11.9 Å². The third-order valence-corrected chi connectivity index (χ3v) is 12.1. The minimum atomic E-state index is -0.325. The fourth-order valence-electron chi connectivity index (χ4n) is 10.1. The maximum Gasteiger partial charge on any atom is 0.302 e. The summed E-state index contributed by atoms with van der Waals surface area (Å²) < 4.78 is 17.1. The van der Waals surface area contributed by atoms with Gasteiger partial charge in [0.15, 0.2) is 0 Å². The summed E-state index contributed by atoms with van der Waals surface area (Å²) in [6, 6.07) is 0. The predicted molar refractivity (Wildman–Crippen MR) is 140 cm³/mol. The third-order valence-electron chi connectivity index (χ3n) is 12.1. The van der Waals surface area contributed by atoms with E-state index in [-0.39, 0.29) is 41.1 Å². The van der Waals surface area contributed by atoms with Gasteiger partial charge in [-0.05, 0) is 91.8 Å². The van der Waals surface area contributed by atoms with Crippen LogP contribution in [0.1, 0.15) is 98.8 Å². The standard InChI is InChI=1S/C31H50O6/c1-18(7-6-8-21-16-35-17-21)24-9-10-25-29-26(15-28(34)31(24,25)5)30(4)12-11-23(36-19(2)32)13-22(30)14-27(29)37-20(3)33/h18,21-29,34H,6-17H2,1-5H3. The lowest BCUT2D eigenvalue weighted by Gasteiger charge is -2.64. The molecule has 1 heterocycles. The van der Waals surface area contributed by atoms with Gasteiger partial charge in [-0.1, -0.05) is 33.6 Å². The molecule has 5 aliphatic rings. The van der Waals surface area contributed by atoms with Crippen LogP contribution in [0.15, 0.2) is 0 Å². The van der Waals surface area contributed by atoms with Crippen LogP contribution in [0.2, 0.25) is 0 Å². The first-order chi connectivity index (χ1) is 17.5. The summed E-state index contributed by atoms with van der Waals surface area (Å²) in [5, 5.41) is 11.9. The van der Waals surface area contributed by atoms with Crippen molar-refractivity contribution in [2.24, 2.45) is 52.3 Å². The Bertz CT molecular complexity index is 855. The van der Waals surface area contributed by atoms with Gasteiger partial charge in [0.25, 0.3) is 0 Å². The molecular formula is C31H50O6. The highest BCUT2D eigenvalue weighted by Crippen LogP contribution is 2.68. The zero-order valence-electron chi connectivity index (χ0n) is 23.7. The number of aliphatic hydroxyl groups is 1. The molecule has 5 fully saturated rings. The minimum Gasteiger partial charge on any atom is -0.463 e. The van der Waals surface area contributed by atoms with E-state index < -0.39 is 0 Å². The molecule has 0 aromatic rings. The summed E-state index contributed by atoms with van der Waals surface area (Å²) in [6.07, 6.45) is 9.89. The van der Waals surface area contributed by atoms with Gasteiger partial charge in [-0.25, -0.2) is 0 Å². The Balaban J connectivity index is 1.37. The Hall–Kier alpha value is -1.14. The Morgan fingerprint density at radius 2 is 1.73 bits per heavy atom. The SMILES string of the molecule is CC(=O)OC1CCC2(C)C(C1)CC(OC(C)=O)C1C2CC(O)C2(C)C(C(C)CCCC3COC3)CCC12. The van der Waals surface area contributed by atoms with Gasteiger partial charge in [0, 0.05) is 25.7 Å². The van der Waals surface area contributed by atoms with Crippen molar-refractivity contribution in [3.63, 3.8) is 0 Å². The maximum absolute atomic E-state index is 12.3. The number of hydrogen-bond donors (Lipinski definition) is 1. The van der Waals surface area contributed by atoms with Gasteiger partial charge in [-0.2, -0.15) is 0 Å². The topological polar surface area (TPSA) is 82.1 Å². The number of hydrogen-bond acceptors (Lipinski definition) is 6. The molecule has 1 saturated heterocycles. The van der Waals surface area contributed by atoms with Crippen LogP contribution in [-0.4, -0.2) is 48.6 Å².